The van der Waals surface area contributed by atoms with Crippen LogP contribution in [0.5, 0.6) is 0 Å². The molecule has 8 heteroatoms. The SMILES string of the molecule is O=[N+]([O-])c1nn(Cc2c(F)cccc2F)cc1Cl. The lowest BCUT2D eigenvalue weighted by molar-refractivity contribution is -0.389. The Bertz CT molecular complexity index is 595. The van der Waals surface area contributed by atoms with Crippen molar-refractivity contribution in [1.82, 2.24) is 9.78 Å². The molecule has 0 unspecified atom stereocenters. The van der Waals surface area contributed by atoms with Gasteiger partial charge in [-0.1, -0.05) is 17.7 Å². The van der Waals surface area contributed by atoms with Gasteiger partial charge in [-0.25, -0.2) is 8.78 Å². The number of aromatic nitrogens is 2. The van der Waals surface area contributed by atoms with Crippen molar-refractivity contribution in [3.63, 3.8) is 0 Å². The quantitative estimate of drug-likeness (QED) is 0.638. The Morgan fingerprint density at radius 3 is 2.50 bits per heavy atom. The molecule has 0 aliphatic rings. The Labute approximate surface area is 105 Å². The van der Waals surface area contributed by atoms with Gasteiger partial charge in [0.15, 0.2) is 5.02 Å². The molecule has 0 amide bonds. The van der Waals surface area contributed by atoms with Crippen molar-refractivity contribution in [2.75, 3.05) is 0 Å². The Morgan fingerprint density at radius 2 is 2.00 bits per heavy atom. The summed E-state index contributed by atoms with van der Waals surface area (Å²) in [5.74, 6) is -2.04. The normalized spacial score (nSPS) is 10.6. The number of rotatable bonds is 3. The highest BCUT2D eigenvalue weighted by Crippen LogP contribution is 2.22. The Morgan fingerprint density at radius 1 is 1.39 bits per heavy atom. The molecular formula is C10H6ClF2N3O2. The molecule has 0 saturated heterocycles. The van der Waals surface area contributed by atoms with Crippen LogP contribution in [0.25, 0.3) is 0 Å². The lowest BCUT2D eigenvalue weighted by atomic mass is 10.2. The predicted octanol–water partition coefficient (Wildman–Crippen LogP) is 2.77. The summed E-state index contributed by atoms with van der Waals surface area (Å²) >= 11 is 5.57. The molecule has 1 heterocycles. The topological polar surface area (TPSA) is 61.0 Å². The minimum absolute atomic E-state index is 0.184. The van der Waals surface area contributed by atoms with Crippen LogP contribution < -0.4 is 0 Å². The Hall–Kier alpha value is -2.02. The summed E-state index contributed by atoms with van der Waals surface area (Å²) in [7, 11) is 0. The van der Waals surface area contributed by atoms with Gasteiger partial charge in [0.25, 0.3) is 0 Å². The van der Waals surface area contributed by atoms with E-state index < -0.39 is 22.4 Å². The van der Waals surface area contributed by atoms with Crippen LogP contribution in [0.1, 0.15) is 5.56 Å². The molecule has 2 aromatic rings. The molecule has 0 bridgehead atoms. The van der Waals surface area contributed by atoms with Gasteiger partial charge in [0.1, 0.15) is 11.6 Å². The highest BCUT2D eigenvalue weighted by Gasteiger charge is 2.20. The third-order valence-electron chi connectivity index (χ3n) is 2.25. The molecule has 2 rings (SSSR count). The van der Waals surface area contributed by atoms with Gasteiger partial charge in [-0.15, -0.1) is 0 Å². The number of hydrogen-bond donors (Lipinski definition) is 0. The number of hydrogen-bond acceptors (Lipinski definition) is 3. The first-order chi connectivity index (χ1) is 8.49. The largest absolute Gasteiger partial charge is 0.408 e. The van der Waals surface area contributed by atoms with Crippen LogP contribution >= 0.6 is 11.6 Å². The third kappa shape index (κ3) is 2.30. The van der Waals surface area contributed by atoms with E-state index in [-0.39, 0.29) is 17.1 Å². The van der Waals surface area contributed by atoms with E-state index >= 15 is 0 Å². The van der Waals surface area contributed by atoms with Crippen molar-refractivity contribution in [1.29, 1.82) is 0 Å². The number of halogens is 3. The molecule has 5 nitrogen and oxygen atoms in total. The van der Waals surface area contributed by atoms with Crippen molar-refractivity contribution < 1.29 is 13.7 Å². The smallest absolute Gasteiger partial charge is 0.358 e. The lowest BCUT2D eigenvalue weighted by Crippen LogP contribution is -2.05. The van der Waals surface area contributed by atoms with E-state index in [2.05, 4.69) is 5.10 Å². The highest BCUT2D eigenvalue weighted by atomic mass is 35.5. The first kappa shape index (κ1) is 12.4. The summed E-state index contributed by atoms with van der Waals surface area (Å²) in [4.78, 5) is 9.75. The molecule has 0 spiro atoms. The van der Waals surface area contributed by atoms with E-state index in [1.54, 1.807) is 0 Å². The van der Waals surface area contributed by atoms with Crippen molar-refractivity contribution in [3.8, 4) is 0 Å². The van der Waals surface area contributed by atoms with Crippen LogP contribution in [0.3, 0.4) is 0 Å². The van der Waals surface area contributed by atoms with Crippen molar-refractivity contribution >= 4 is 17.4 Å². The second-order valence-corrected chi connectivity index (χ2v) is 3.86. The zero-order valence-corrected chi connectivity index (χ0v) is 9.56. The van der Waals surface area contributed by atoms with E-state index in [1.807, 2.05) is 0 Å². The average Bonchev–Trinajstić information content (AvgIpc) is 2.65. The van der Waals surface area contributed by atoms with Crippen molar-refractivity contribution in [3.05, 3.63) is 56.7 Å². The van der Waals surface area contributed by atoms with Crippen LogP contribution in [0.15, 0.2) is 24.4 Å². The van der Waals surface area contributed by atoms with Gasteiger partial charge in [-0.2, -0.15) is 4.68 Å². The summed E-state index contributed by atoms with van der Waals surface area (Å²) in [6, 6.07) is 3.42. The van der Waals surface area contributed by atoms with Crippen LogP contribution in [0.2, 0.25) is 5.02 Å². The Balaban J connectivity index is 2.35. The van der Waals surface area contributed by atoms with E-state index in [1.165, 1.54) is 6.07 Å². The number of nitrogens with zero attached hydrogens (tertiary/aromatic N) is 3. The van der Waals surface area contributed by atoms with E-state index in [9.17, 15) is 18.9 Å². The molecule has 0 saturated carbocycles. The summed E-state index contributed by atoms with van der Waals surface area (Å²) in [5, 5.41) is 13.9. The Kier molecular flexibility index (Phi) is 3.24. The van der Waals surface area contributed by atoms with Gasteiger partial charge in [-0.3, -0.25) is 0 Å². The molecule has 0 aliphatic heterocycles. The van der Waals surface area contributed by atoms with Crippen LogP contribution in [-0.4, -0.2) is 14.7 Å². The summed E-state index contributed by atoms with van der Waals surface area (Å²) in [6.07, 6.45) is 1.14. The van der Waals surface area contributed by atoms with Gasteiger partial charge in [0.05, 0.1) is 17.8 Å². The molecule has 0 atom stereocenters. The fraction of sp³-hybridized carbons (Fsp3) is 0.100. The maximum atomic E-state index is 13.4. The van der Waals surface area contributed by atoms with Crippen LogP contribution in [0, 0.1) is 21.7 Å². The number of benzene rings is 1. The van der Waals surface area contributed by atoms with E-state index in [0.29, 0.717) is 0 Å². The lowest BCUT2D eigenvalue weighted by Gasteiger charge is -2.01. The second-order valence-electron chi connectivity index (χ2n) is 3.46. The highest BCUT2D eigenvalue weighted by molar-refractivity contribution is 6.32. The monoisotopic (exact) mass is 273 g/mol. The van der Waals surface area contributed by atoms with Crippen LogP contribution in [-0.2, 0) is 6.54 Å². The van der Waals surface area contributed by atoms with Gasteiger partial charge in [0.2, 0.25) is 0 Å². The van der Waals surface area contributed by atoms with Crippen molar-refractivity contribution in [2.24, 2.45) is 0 Å². The zero-order chi connectivity index (χ0) is 13.3. The molecule has 94 valence electrons. The second kappa shape index (κ2) is 4.69. The molecule has 0 fully saturated rings. The van der Waals surface area contributed by atoms with Crippen molar-refractivity contribution in [2.45, 2.75) is 6.54 Å². The van der Waals surface area contributed by atoms with Gasteiger partial charge in [0, 0.05) is 5.56 Å². The third-order valence-corrected chi connectivity index (χ3v) is 2.52. The molecule has 1 aromatic heterocycles. The van der Waals surface area contributed by atoms with Crippen LogP contribution in [0.4, 0.5) is 14.6 Å². The summed E-state index contributed by atoms with van der Waals surface area (Å²) in [6.45, 7) is -0.272. The van der Waals surface area contributed by atoms with E-state index in [4.69, 9.17) is 11.6 Å². The predicted molar refractivity (Wildman–Crippen MR) is 59.4 cm³/mol. The molecule has 18 heavy (non-hydrogen) atoms. The molecular weight excluding hydrogens is 268 g/mol. The zero-order valence-electron chi connectivity index (χ0n) is 8.81. The fourth-order valence-corrected chi connectivity index (χ4v) is 1.66. The molecule has 0 N–H and O–H groups in total. The fourth-order valence-electron chi connectivity index (χ4n) is 1.44. The summed E-state index contributed by atoms with van der Waals surface area (Å²) in [5.41, 5.74) is -0.230. The van der Waals surface area contributed by atoms with E-state index in [0.717, 1.165) is 23.0 Å². The molecule has 0 radical (unpaired) electrons. The molecule has 1 aromatic carbocycles. The van der Waals surface area contributed by atoms with Gasteiger partial charge >= 0.3 is 5.82 Å². The van der Waals surface area contributed by atoms with Gasteiger partial charge in [-0.05, 0) is 17.1 Å². The first-order valence-corrected chi connectivity index (χ1v) is 5.17. The first-order valence-electron chi connectivity index (χ1n) is 4.79. The maximum Gasteiger partial charge on any atom is 0.408 e. The number of nitro groups is 1. The minimum atomic E-state index is -0.767. The average molecular weight is 274 g/mol. The standard InChI is InChI=1S/C10H6ClF2N3O2/c11-7-5-15(14-10(7)16(17)18)4-6-8(12)2-1-3-9(6)13/h1-3,5H,4H2. The van der Waals surface area contributed by atoms with Gasteiger partial charge < -0.3 is 10.1 Å². The maximum absolute atomic E-state index is 13.4. The minimum Gasteiger partial charge on any atom is -0.358 e. The summed E-state index contributed by atoms with van der Waals surface area (Å²) < 4.78 is 27.7. The molecule has 0 aliphatic carbocycles.